The van der Waals surface area contributed by atoms with E-state index in [1.54, 1.807) is 13.0 Å². The maximum Gasteiger partial charge on any atom is 0.250 e. The summed E-state index contributed by atoms with van der Waals surface area (Å²) in [5.41, 5.74) is 6.30. The summed E-state index contributed by atoms with van der Waals surface area (Å²) in [5, 5.41) is 8.87. The molecule has 1 amide bonds. The average Bonchev–Trinajstić information content (AvgIpc) is 2.16. The van der Waals surface area contributed by atoms with E-state index in [1.165, 1.54) is 13.2 Å². The lowest BCUT2D eigenvalue weighted by Crippen LogP contribution is -2.13. The van der Waals surface area contributed by atoms with Crippen LogP contribution >= 0.6 is 0 Å². The van der Waals surface area contributed by atoms with Crippen molar-refractivity contribution in [2.75, 3.05) is 7.11 Å². The maximum absolute atomic E-state index is 11.0. The molecule has 1 aromatic carbocycles. The van der Waals surface area contributed by atoms with Crippen molar-refractivity contribution in [1.29, 1.82) is 5.26 Å². The molecule has 4 heteroatoms. The van der Waals surface area contributed by atoms with Crippen molar-refractivity contribution in [1.82, 2.24) is 0 Å². The topological polar surface area (TPSA) is 76.1 Å². The second kappa shape index (κ2) is 3.79. The van der Waals surface area contributed by atoms with Crippen LogP contribution in [0.3, 0.4) is 0 Å². The summed E-state index contributed by atoms with van der Waals surface area (Å²) in [4.78, 5) is 11.0. The Hall–Kier alpha value is -2.02. The van der Waals surface area contributed by atoms with E-state index in [9.17, 15) is 4.79 Å². The van der Waals surface area contributed by atoms with Crippen LogP contribution in [0.5, 0.6) is 5.75 Å². The quantitative estimate of drug-likeness (QED) is 0.755. The molecule has 0 aliphatic heterocycles. The van der Waals surface area contributed by atoms with Crippen LogP contribution < -0.4 is 10.5 Å². The normalized spacial score (nSPS) is 9.21. The molecule has 72 valence electrons. The number of primary amides is 1. The minimum atomic E-state index is -0.625. The lowest BCUT2D eigenvalue weighted by Gasteiger charge is -2.08. The van der Waals surface area contributed by atoms with Gasteiger partial charge in [-0.1, -0.05) is 6.07 Å². The second-order valence-electron chi connectivity index (χ2n) is 2.81. The molecule has 1 aromatic rings. The summed E-state index contributed by atoms with van der Waals surface area (Å²) < 4.78 is 5.03. The van der Waals surface area contributed by atoms with Gasteiger partial charge in [-0.05, 0) is 18.6 Å². The van der Waals surface area contributed by atoms with Gasteiger partial charge in [0.2, 0.25) is 5.91 Å². The number of methoxy groups -OCH3 is 1. The number of amides is 1. The van der Waals surface area contributed by atoms with Crippen molar-refractivity contribution >= 4 is 5.91 Å². The van der Waals surface area contributed by atoms with Crippen molar-refractivity contribution in [3.8, 4) is 11.8 Å². The number of hydrogen-bond acceptors (Lipinski definition) is 3. The van der Waals surface area contributed by atoms with Crippen molar-refractivity contribution in [3.63, 3.8) is 0 Å². The van der Waals surface area contributed by atoms with E-state index in [-0.39, 0.29) is 11.1 Å². The first kappa shape index (κ1) is 10.1. The fraction of sp³-hybridized carbons (Fsp3) is 0.200. The van der Waals surface area contributed by atoms with Gasteiger partial charge in [0.15, 0.2) is 0 Å². The van der Waals surface area contributed by atoms with Crippen LogP contribution in [0.4, 0.5) is 0 Å². The third kappa shape index (κ3) is 1.52. The molecular formula is C10H10N2O2. The summed E-state index contributed by atoms with van der Waals surface area (Å²) in [6.07, 6.45) is 0. The first-order valence-electron chi connectivity index (χ1n) is 3.99. The van der Waals surface area contributed by atoms with Gasteiger partial charge in [0.25, 0.3) is 0 Å². The first-order chi connectivity index (χ1) is 6.61. The molecule has 1 rings (SSSR count). The van der Waals surface area contributed by atoms with Crippen LogP contribution in [0.1, 0.15) is 21.5 Å². The number of carbonyl (C=O) groups excluding carboxylic acids is 1. The van der Waals surface area contributed by atoms with E-state index in [0.29, 0.717) is 5.75 Å². The van der Waals surface area contributed by atoms with E-state index in [2.05, 4.69) is 0 Å². The monoisotopic (exact) mass is 190 g/mol. The number of carbonyl (C=O) groups is 1. The van der Waals surface area contributed by atoms with Gasteiger partial charge in [-0.3, -0.25) is 4.79 Å². The molecule has 4 nitrogen and oxygen atoms in total. The van der Waals surface area contributed by atoms with E-state index in [0.717, 1.165) is 5.56 Å². The molecule has 0 unspecified atom stereocenters. The van der Waals surface area contributed by atoms with E-state index < -0.39 is 5.91 Å². The molecule has 2 N–H and O–H groups in total. The zero-order valence-electron chi connectivity index (χ0n) is 8.00. The number of hydrogen-bond donors (Lipinski definition) is 1. The lowest BCUT2D eigenvalue weighted by atomic mass is 10.0. The van der Waals surface area contributed by atoms with Gasteiger partial charge in [-0.25, -0.2) is 0 Å². The average molecular weight is 190 g/mol. The molecule has 0 atom stereocenters. The van der Waals surface area contributed by atoms with Gasteiger partial charge in [0.05, 0.1) is 12.7 Å². The second-order valence-corrected chi connectivity index (χ2v) is 2.81. The third-order valence-electron chi connectivity index (χ3n) is 1.94. The molecule has 14 heavy (non-hydrogen) atoms. The molecule has 0 fully saturated rings. The van der Waals surface area contributed by atoms with E-state index in [1.807, 2.05) is 6.07 Å². The van der Waals surface area contributed by atoms with Crippen LogP contribution in [0.2, 0.25) is 0 Å². The molecule has 0 aromatic heterocycles. The molecule has 0 radical (unpaired) electrons. The highest BCUT2D eigenvalue weighted by Gasteiger charge is 2.14. The zero-order valence-corrected chi connectivity index (χ0v) is 8.00. The first-order valence-corrected chi connectivity index (χ1v) is 3.99. The van der Waals surface area contributed by atoms with Crippen LogP contribution in [0.15, 0.2) is 12.1 Å². The molecule has 0 bridgehead atoms. The molecule has 0 saturated heterocycles. The number of nitriles is 1. The van der Waals surface area contributed by atoms with Crippen molar-refractivity contribution in [2.24, 2.45) is 5.73 Å². The minimum Gasteiger partial charge on any atom is -0.495 e. The highest BCUT2D eigenvalue weighted by molar-refractivity contribution is 5.96. The van der Waals surface area contributed by atoms with Gasteiger partial charge >= 0.3 is 0 Å². The lowest BCUT2D eigenvalue weighted by molar-refractivity contribution is 0.0999. The number of nitrogens with zero attached hydrogens (tertiary/aromatic N) is 1. The van der Waals surface area contributed by atoms with Crippen LogP contribution in [0, 0.1) is 18.3 Å². The number of rotatable bonds is 2. The molecule has 0 aliphatic rings. The van der Waals surface area contributed by atoms with Gasteiger partial charge in [-0.15, -0.1) is 0 Å². The summed E-state index contributed by atoms with van der Waals surface area (Å²) in [5.74, 6) is -0.219. The Labute approximate surface area is 81.9 Å². The zero-order chi connectivity index (χ0) is 10.7. The van der Waals surface area contributed by atoms with Gasteiger partial charge < -0.3 is 10.5 Å². The molecular weight excluding hydrogens is 180 g/mol. The highest BCUT2D eigenvalue weighted by atomic mass is 16.5. The Morgan fingerprint density at radius 3 is 2.64 bits per heavy atom. The number of ether oxygens (including phenoxy) is 1. The van der Waals surface area contributed by atoms with Gasteiger partial charge in [0.1, 0.15) is 17.4 Å². The van der Waals surface area contributed by atoms with Crippen LogP contribution in [-0.4, -0.2) is 13.0 Å². The molecule has 0 spiro atoms. The van der Waals surface area contributed by atoms with Gasteiger partial charge in [-0.2, -0.15) is 5.26 Å². The Morgan fingerprint density at radius 1 is 1.57 bits per heavy atom. The number of nitrogens with two attached hydrogens (primary N) is 1. The predicted octanol–water partition coefficient (Wildman–Crippen LogP) is 0.974. The fourth-order valence-corrected chi connectivity index (χ4v) is 1.27. The van der Waals surface area contributed by atoms with Crippen molar-refractivity contribution in [3.05, 3.63) is 28.8 Å². The Balaban J connectivity index is 3.50. The largest absolute Gasteiger partial charge is 0.495 e. The van der Waals surface area contributed by atoms with Crippen molar-refractivity contribution < 1.29 is 9.53 Å². The highest BCUT2D eigenvalue weighted by Crippen LogP contribution is 2.25. The Kier molecular flexibility index (Phi) is 2.73. The number of aryl methyl sites for hydroxylation is 1. The minimum absolute atomic E-state index is 0.190. The Morgan fingerprint density at radius 2 is 2.21 bits per heavy atom. The van der Waals surface area contributed by atoms with E-state index in [4.69, 9.17) is 15.7 Å². The predicted molar refractivity (Wildman–Crippen MR) is 51.0 cm³/mol. The molecule has 0 aliphatic carbocycles. The summed E-state index contributed by atoms with van der Waals surface area (Å²) in [6.45, 7) is 1.80. The smallest absolute Gasteiger partial charge is 0.250 e. The fourth-order valence-electron chi connectivity index (χ4n) is 1.27. The summed E-state index contributed by atoms with van der Waals surface area (Å²) in [7, 11) is 1.45. The molecule has 0 saturated carbocycles. The van der Waals surface area contributed by atoms with Crippen LogP contribution in [-0.2, 0) is 0 Å². The van der Waals surface area contributed by atoms with Gasteiger partial charge in [0, 0.05) is 0 Å². The third-order valence-corrected chi connectivity index (χ3v) is 1.94. The summed E-state index contributed by atoms with van der Waals surface area (Å²) >= 11 is 0. The maximum atomic E-state index is 11.0. The standard InChI is InChI=1S/C10H10N2O2/c1-6-3-4-7(10(12)13)8(5-11)9(6)14-2/h3-4H,1-2H3,(H2,12,13). The van der Waals surface area contributed by atoms with Crippen molar-refractivity contribution in [2.45, 2.75) is 6.92 Å². The number of benzene rings is 1. The van der Waals surface area contributed by atoms with E-state index >= 15 is 0 Å². The Bertz CT molecular complexity index is 419. The summed E-state index contributed by atoms with van der Waals surface area (Å²) in [6, 6.07) is 5.13. The van der Waals surface area contributed by atoms with Crippen LogP contribution in [0.25, 0.3) is 0 Å². The SMILES string of the molecule is COc1c(C)ccc(C(N)=O)c1C#N. The molecule has 0 heterocycles.